The van der Waals surface area contributed by atoms with Gasteiger partial charge in [-0.05, 0) is 36.4 Å². The van der Waals surface area contributed by atoms with E-state index in [-0.39, 0.29) is 5.56 Å². The molecule has 0 radical (unpaired) electrons. The minimum absolute atomic E-state index is 0.156. The van der Waals surface area contributed by atoms with E-state index in [2.05, 4.69) is 10.5 Å². The van der Waals surface area contributed by atoms with Gasteiger partial charge in [0.15, 0.2) is 5.75 Å². The first kappa shape index (κ1) is 15.0. The number of nitro groups is 1. The maximum absolute atomic E-state index is 10.7. The third-order valence-corrected chi connectivity index (χ3v) is 2.74. The van der Waals surface area contributed by atoms with E-state index in [4.69, 9.17) is 5.11 Å². The number of carboxylic acids is 1. The average Bonchev–Trinajstić information content (AvgIpc) is 2.49. The van der Waals surface area contributed by atoms with Crippen molar-refractivity contribution in [2.75, 3.05) is 5.43 Å². The summed E-state index contributed by atoms with van der Waals surface area (Å²) in [7, 11) is 0. The van der Waals surface area contributed by atoms with Gasteiger partial charge < -0.3 is 10.2 Å². The maximum atomic E-state index is 10.7. The van der Waals surface area contributed by atoms with E-state index in [0.717, 1.165) is 0 Å². The molecular weight excluding hydrogens is 290 g/mol. The van der Waals surface area contributed by atoms with Crippen LogP contribution in [0.4, 0.5) is 11.4 Å². The Morgan fingerprint density at radius 1 is 1.23 bits per heavy atom. The van der Waals surface area contributed by atoms with E-state index >= 15 is 0 Å². The van der Waals surface area contributed by atoms with Crippen LogP contribution in [0.3, 0.4) is 0 Å². The number of carbonyl (C=O) groups is 1. The molecular formula is C14H11N3O5. The van der Waals surface area contributed by atoms with Crippen LogP contribution in [0.25, 0.3) is 0 Å². The van der Waals surface area contributed by atoms with E-state index in [1.807, 2.05) is 0 Å². The van der Waals surface area contributed by atoms with Crippen molar-refractivity contribution in [3.05, 3.63) is 63.7 Å². The summed E-state index contributed by atoms with van der Waals surface area (Å²) in [6.07, 6.45) is 1.34. The number of hydrogen-bond donors (Lipinski definition) is 3. The van der Waals surface area contributed by atoms with Gasteiger partial charge in [0.25, 0.3) is 0 Å². The van der Waals surface area contributed by atoms with Crippen LogP contribution in [0.1, 0.15) is 15.9 Å². The van der Waals surface area contributed by atoms with Crippen molar-refractivity contribution in [2.24, 2.45) is 5.10 Å². The molecule has 2 rings (SSSR count). The van der Waals surface area contributed by atoms with Gasteiger partial charge in [-0.25, -0.2) is 4.79 Å². The highest BCUT2D eigenvalue weighted by Crippen LogP contribution is 2.25. The van der Waals surface area contributed by atoms with Crippen molar-refractivity contribution in [1.29, 1.82) is 0 Å². The van der Waals surface area contributed by atoms with Gasteiger partial charge >= 0.3 is 11.7 Å². The lowest BCUT2D eigenvalue weighted by Gasteiger charge is -2.01. The number of hydrogen-bond acceptors (Lipinski definition) is 6. The van der Waals surface area contributed by atoms with Crippen molar-refractivity contribution in [1.82, 2.24) is 0 Å². The average molecular weight is 301 g/mol. The molecule has 0 amide bonds. The Morgan fingerprint density at radius 3 is 2.50 bits per heavy atom. The molecule has 0 aliphatic heterocycles. The first-order valence-electron chi connectivity index (χ1n) is 6.07. The number of nitrogens with zero attached hydrogens (tertiary/aromatic N) is 2. The number of phenols is 1. The van der Waals surface area contributed by atoms with Crippen LogP contribution in [0.5, 0.6) is 5.75 Å². The number of carboxylic acid groups (broad SMARTS) is 1. The van der Waals surface area contributed by atoms with Crippen molar-refractivity contribution in [2.45, 2.75) is 0 Å². The molecule has 0 saturated carbocycles. The van der Waals surface area contributed by atoms with E-state index in [9.17, 15) is 20.0 Å². The summed E-state index contributed by atoms with van der Waals surface area (Å²) in [5.41, 5.74) is 3.41. The molecule has 0 bridgehead atoms. The van der Waals surface area contributed by atoms with Gasteiger partial charge in [-0.1, -0.05) is 0 Å². The Balaban J connectivity index is 2.08. The quantitative estimate of drug-likeness (QED) is 0.442. The second kappa shape index (κ2) is 6.35. The first-order chi connectivity index (χ1) is 10.5. The molecule has 0 spiro atoms. The zero-order valence-corrected chi connectivity index (χ0v) is 11.1. The van der Waals surface area contributed by atoms with Gasteiger partial charge in [0.1, 0.15) is 0 Å². The van der Waals surface area contributed by atoms with Crippen LogP contribution >= 0.6 is 0 Å². The number of hydrazone groups is 1. The largest absolute Gasteiger partial charge is 0.502 e. The fourth-order valence-corrected chi connectivity index (χ4v) is 1.64. The van der Waals surface area contributed by atoms with Crippen LogP contribution in [-0.4, -0.2) is 27.3 Å². The lowest BCUT2D eigenvalue weighted by Crippen LogP contribution is -1.96. The van der Waals surface area contributed by atoms with E-state index < -0.39 is 22.3 Å². The Labute approximate surface area is 124 Å². The summed E-state index contributed by atoms with van der Waals surface area (Å²) in [5.74, 6) is -1.44. The molecule has 0 saturated heterocycles. The molecule has 112 valence electrons. The van der Waals surface area contributed by atoms with Gasteiger partial charge in [0, 0.05) is 11.6 Å². The Bertz CT molecular complexity index is 741. The first-order valence-corrected chi connectivity index (χ1v) is 6.07. The van der Waals surface area contributed by atoms with Crippen molar-refractivity contribution in [3.63, 3.8) is 0 Å². The molecule has 0 aromatic heterocycles. The van der Waals surface area contributed by atoms with Crippen LogP contribution < -0.4 is 5.43 Å². The normalized spacial score (nSPS) is 10.5. The predicted molar refractivity (Wildman–Crippen MR) is 79.4 cm³/mol. The molecule has 0 aliphatic carbocycles. The second-order valence-corrected chi connectivity index (χ2v) is 4.26. The predicted octanol–water partition coefficient (Wildman–Crippen LogP) is 2.44. The molecule has 22 heavy (non-hydrogen) atoms. The summed E-state index contributed by atoms with van der Waals surface area (Å²) in [4.78, 5) is 20.7. The number of phenolic OH excluding ortho intramolecular Hbond substituents is 1. The zero-order chi connectivity index (χ0) is 16.1. The number of rotatable bonds is 5. The highest BCUT2D eigenvalue weighted by atomic mass is 16.6. The Kier molecular flexibility index (Phi) is 4.33. The smallest absolute Gasteiger partial charge is 0.335 e. The fourth-order valence-electron chi connectivity index (χ4n) is 1.64. The molecule has 0 aliphatic rings. The van der Waals surface area contributed by atoms with Crippen LogP contribution in [0.15, 0.2) is 47.6 Å². The summed E-state index contributed by atoms with van der Waals surface area (Å²) in [6, 6.07) is 9.80. The third-order valence-electron chi connectivity index (χ3n) is 2.74. The fraction of sp³-hybridized carbons (Fsp3) is 0. The number of benzene rings is 2. The summed E-state index contributed by atoms with van der Waals surface area (Å²) in [6.45, 7) is 0. The zero-order valence-electron chi connectivity index (χ0n) is 11.1. The Hall–Kier alpha value is -3.42. The molecule has 0 heterocycles. The van der Waals surface area contributed by atoms with Gasteiger partial charge in [-0.2, -0.15) is 5.10 Å². The number of aromatic hydroxyl groups is 1. The monoisotopic (exact) mass is 301 g/mol. The third kappa shape index (κ3) is 3.57. The highest BCUT2D eigenvalue weighted by molar-refractivity contribution is 5.88. The molecule has 0 atom stereocenters. The minimum Gasteiger partial charge on any atom is -0.502 e. The topological polar surface area (TPSA) is 125 Å². The molecule has 0 fully saturated rings. The van der Waals surface area contributed by atoms with Crippen molar-refractivity contribution in [3.8, 4) is 5.75 Å². The molecule has 0 unspecified atom stereocenters. The molecule has 2 aromatic rings. The van der Waals surface area contributed by atoms with Crippen LogP contribution in [0.2, 0.25) is 0 Å². The van der Waals surface area contributed by atoms with Gasteiger partial charge in [-0.3, -0.25) is 15.5 Å². The van der Waals surface area contributed by atoms with Crippen molar-refractivity contribution >= 4 is 23.6 Å². The Morgan fingerprint density at radius 2 is 1.91 bits per heavy atom. The number of aromatic carboxylic acids is 1. The summed E-state index contributed by atoms with van der Waals surface area (Å²) < 4.78 is 0. The second-order valence-electron chi connectivity index (χ2n) is 4.26. The van der Waals surface area contributed by atoms with E-state index in [1.54, 1.807) is 12.1 Å². The molecule has 2 aromatic carbocycles. The molecule has 3 N–H and O–H groups in total. The van der Waals surface area contributed by atoms with E-state index in [1.165, 1.54) is 36.5 Å². The van der Waals surface area contributed by atoms with Gasteiger partial charge in [0.05, 0.1) is 22.4 Å². The summed E-state index contributed by atoms with van der Waals surface area (Å²) >= 11 is 0. The molecule has 8 nitrogen and oxygen atoms in total. The SMILES string of the molecule is O=C(O)c1ccc(N/N=C/c2ccc(O)c([N+](=O)[O-])c2)cc1. The molecule has 8 heteroatoms. The van der Waals surface area contributed by atoms with Gasteiger partial charge in [-0.15, -0.1) is 0 Å². The lowest BCUT2D eigenvalue weighted by atomic mass is 10.2. The number of nitrogens with one attached hydrogen (secondary N) is 1. The van der Waals surface area contributed by atoms with Crippen molar-refractivity contribution < 1.29 is 19.9 Å². The van der Waals surface area contributed by atoms with Crippen LogP contribution in [0, 0.1) is 10.1 Å². The minimum atomic E-state index is -1.02. The van der Waals surface area contributed by atoms with E-state index in [0.29, 0.717) is 11.3 Å². The lowest BCUT2D eigenvalue weighted by molar-refractivity contribution is -0.385. The number of nitro benzene ring substituents is 1. The maximum Gasteiger partial charge on any atom is 0.335 e. The summed E-state index contributed by atoms with van der Waals surface area (Å²) in [5, 5.41) is 32.7. The number of anilines is 1. The highest BCUT2D eigenvalue weighted by Gasteiger charge is 2.12. The van der Waals surface area contributed by atoms with Crippen LogP contribution in [-0.2, 0) is 0 Å². The standard InChI is InChI=1S/C14H11N3O5/c18-13-6-1-9(7-12(13)17(21)22)8-15-16-11-4-2-10(3-5-11)14(19)20/h1-8,16,18H,(H,19,20)/b15-8+. The van der Waals surface area contributed by atoms with Gasteiger partial charge in [0.2, 0.25) is 0 Å².